The first kappa shape index (κ1) is 8.69. The molecule has 0 unspecified atom stereocenters. The van der Waals surface area contributed by atoms with Crippen LogP contribution in [0.1, 0.15) is 11.4 Å². The molecule has 12 heavy (non-hydrogen) atoms. The van der Waals surface area contributed by atoms with Crippen molar-refractivity contribution in [2.45, 2.75) is 6.92 Å². The topological polar surface area (TPSA) is 35.0 Å². The van der Waals surface area contributed by atoms with Crippen molar-refractivity contribution in [3.63, 3.8) is 0 Å². The van der Waals surface area contributed by atoms with Crippen molar-refractivity contribution in [1.82, 2.24) is 9.97 Å². The van der Waals surface area contributed by atoms with Crippen LogP contribution in [-0.4, -0.2) is 23.7 Å². The summed E-state index contributed by atoms with van der Waals surface area (Å²) in [5.74, 6) is 5.68. The van der Waals surface area contributed by atoms with Gasteiger partial charge in [-0.25, -0.2) is 4.98 Å². The maximum Gasteiger partial charge on any atom is 0.134 e. The highest BCUT2D eigenvalue weighted by Crippen LogP contribution is 1.95. The average molecular weight is 162 g/mol. The molecule has 3 nitrogen and oxygen atoms in total. The van der Waals surface area contributed by atoms with Crippen molar-refractivity contribution in [1.29, 1.82) is 0 Å². The van der Waals surface area contributed by atoms with E-state index >= 15 is 0 Å². The molecule has 0 N–H and O–H groups in total. The van der Waals surface area contributed by atoms with E-state index in [1.165, 1.54) is 0 Å². The summed E-state index contributed by atoms with van der Waals surface area (Å²) in [6.07, 6.45) is 3.28. The molecule has 0 saturated heterocycles. The number of aryl methyl sites for hydroxylation is 1. The van der Waals surface area contributed by atoms with Gasteiger partial charge in [-0.2, -0.15) is 0 Å². The molecule has 0 saturated carbocycles. The van der Waals surface area contributed by atoms with Crippen LogP contribution in [0, 0.1) is 18.8 Å². The Morgan fingerprint density at radius 2 is 2.17 bits per heavy atom. The fraction of sp³-hybridized carbons (Fsp3) is 0.333. The van der Waals surface area contributed by atoms with Gasteiger partial charge >= 0.3 is 0 Å². The minimum absolute atomic E-state index is 0.427. The van der Waals surface area contributed by atoms with E-state index in [2.05, 4.69) is 21.8 Å². The van der Waals surface area contributed by atoms with Gasteiger partial charge in [0.25, 0.3) is 0 Å². The van der Waals surface area contributed by atoms with Crippen LogP contribution in [0.4, 0.5) is 0 Å². The van der Waals surface area contributed by atoms with Crippen LogP contribution in [0.3, 0.4) is 0 Å². The molecule has 0 aliphatic carbocycles. The number of hydrogen-bond donors (Lipinski definition) is 0. The summed E-state index contributed by atoms with van der Waals surface area (Å²) in [5.41, 5.74) is 1.57. The van der Waals surface area contributed by atoms with Crippen LogP contribution in [0.15, 0.2) is 12.4 Å². The highest BCUT2D eigenvalue weighted by atomic mass is 16.5. The van der Waals surface area contributed by atoms with Gasteiger partial charge < -0.3 is 4.74 Å². The number of hydrogen-bond acceptors (Lipinski definition) is 3. The van der Waals surface area contributed by atoms with Gasteiger partial charge in [0, 0.05) is 19.5 Å². The summed E-state index contributed by atoms with van der Waals surface area (Å²) in [6.45, 7) is 2.31. The number of methoxy groups -OCH3 is 1. The maximum absolute atomic E-state index is 4.78. The van der Waals surface area contributed by atoms with Gasteiger partial charge in [0.2, 0.25) is 0 Å². The Bertz CT molecular complexity index is 312. The summed E-state index contributed by atoms with van der Waals surface area (Å²) < 4.78 is 4.78. The Kier molecular flexibility index (Phi) is 3.24. The predicted octanol–water partition coefficient (Wildman–Crippen LogP) is 0.783. The van der Waals surface area contributed by atoms with Crippen molar-refractivity contribution in [2.75, 3.05) is 13.7 Å². The summed E-state index contributed by atoms with van der Waals surface area (Å²) in [6, 6.07) is 0. The third-order valence-electron chi connectivity index (χ3n) is 1.30. The third-order valence-corrected chi connectivity index (χ3v) is 1.30. The molecule has 62 valence electrons. The Labute approximate surface area is 71.8 Å². The number of aromatic nitrogens is 2. The Balaban J connectivity index is 2.77. The lowest BCUT2D eigenvalue weighted by molar-refractivity contribution is 0.240. The lowest BCUT2D eigenvalue weighted by Gasteiger charge is -1.92. The second-order valence-corrected chi connectivity index (χ2v) is 2.23. The van der Waals surface area contributed by atoms with E-state index in [1.807, 2.05) is 6.92 Å². The van der Waals surface area contributed by atoms with Crippen molar-refractivity contribution >= 4 is 0 Å². The van der Waals surface area contributed by atoms with E-state index < -0.39 is 0 Å². The molecule has 1 heterocycles. The normalized spacial score (nSPS) is 8.83. The van der Waals surface area contributed by atoms with E-state index in [4.69, 9.17) is 4.74 Å². The van der Waals surface area contributed by atoms with Crippen molar-refractivity contribution in [2.24, 2.45) is 0 Å². The lowest BCUT2D eigenvalue weighted by Crippen LogP contribution is -1.91. The summed E-state index contributed by atoms with van der Waals surface area (Å²) in [5, 5.41) is 0. The highest BCUT2D eigenvalue weighted by Gasteiger charge is 1.92. The van der Waals surface area contributed by atoms with Gasteiger partial charge in [-0.1, -0.05) is 5.92 Å². The Morgan fingerprint density at radius 1 is 1.42 bits per heavy atom. The second kappa shape index (κ2) is 4.47. The molecule has 0 fully saturated rings. The summed E-state index contributed by atoms with van der Waals surface area (Å²) in [7, 11) is 1.61. The monoisotopic (exact) mass is 162 g/mol. The smallest absolute Gasteiger partial charge is 0.134 e. The van der Waals surface area contributed by atoms with E-state index in [0.717, 1.165) is 11.4 Å². The van der Waals surface area contributed by atoms with Crippen molar-refractivity contribution in [3.8, 4) is 11.8 Å². The predicted molar refractivity (Wildman–Crippen MR) is 45.5 cm³/mol. The van der Waals surface area contributed by atoms with Gasteiger partial charge in [0.15, 0.2) is 0 Å². The van der Waals surface area contributed by atoms with Crippen LogP contribution in [0.2, 0.25) is 0 Å². The SMILES string of the molecule is COCC#Cc1nccnc1C. The molecule has 0 aromatic carbocycles. The number of ether oxygens (including phenoxy) is 1. The largest absolute Gasteiger partial charge is 0.372 e. The molecule has 0 spiro atoms. The third kappa shape index (κ3) is 2.33. The van der Waals surface area contributed by atoms with Crippen LogP contribution in [0.5, 0.6) is 0 Å². The lowest BCUT2D eigenvalue weighted by atomic mass is 10.3. The van der Waals surface area contributed by atoms with Gasteiger partial charge in [0.05, 0.1) is 5.69 Å². The molecule has 1 rings (SSSR count). The van der Waals surface area contributed by atoms with E-state index in [0.29, 0.717) is 6.61 Å². The van der Waals surface area contributed by atoms with E-state index in [-0.39, 0.29) is 0 Å². The van der Waals surface area contributed by atoms with Crippen LogP contribution >= 0.6 is 0 Å². The minimum Gasteiger partial charge on any atom is -0.372 e. The molecular formula is C9H10N2O. The van der Waals surface area contributed by atoms with E-state index in [1.54, 1.807) is 19.5 Å². The van der Waals surface area contributed by atoms with Crippen LogP contribution < -0.4 is 0 Å². The zero-order valence-corrected chi connectivity index (χ0v) is 7.16. The van der Waals surface area contributed by atoms with Crippen molar-refractivity contribution in [3.05, 3.63) is 23.8 Å². The minimum atomic E-state index is 0.427. The molecule has 1 aromatic rings. The standard InChI is InChI=1S/C9H10N2O/c1-8-9(4-3-7-12-2)11-6-5-10-8/h5-6H,7H2,1-2H3. The highest BCUT2D eigenvalue weighted by molar-refractivity contribution is 5.30. The summed E-state index contributed by atoms with van der Waals surface area (Å²) in [4.78, 5) is 8.11. The van der Waals surface area contributed by atoms with Crippen LogP contribution in [-0.2, 0) is 4.74 Å². The fourth-order valence-corrected chi connectivity index (χ4v) is 0.722. The quantitative estimate of drug-likeness (QED) is 0.572. The second-order valence-electron chi connectivity index (χ2n) is 2.23. The Hall–Kier alpha value is -1.40. The van der Waals surface area contributed by atoms with Gasteiger partial charge in [-0.05, 0) is 12.8 Å². The van der Waals surface area contributed by atoms with Gasteiger partial charge in [0.1, 0.15) is 12.3 Å². The fourth-order valence-electron chi connectivity index (χ4n) is 0.722. The first-order valence-corrected chi connectivity index (χ1v) is 3.60. The maximum atomic E-state index is 4.78. The molecule has 0 aliphatic heterocycles. The summed E-state index contributed by atoms with van der Waals surface area (Å²) >= 11 is 0. The molecule has 1 aromatic heterocycles. The molecule has 0 amide bonds. The van der Waals surface area contributed by atoms with Gasteiger partial charge in [-0.3, -0.25) is 4.98 Å². The number of rotatable bonds is 1. The Morgan fingerprint density at radius 3 is 2.83 bits per heavy atom. The zero-order valence-electron chi connectivity index (χ0n) is 7.16. The molecule has 0 aliphatic rings. The molecule has 0 radical (unpaired) electrons. The average Bonchev–Trinajstić information content (AvgIpc) is 2.09. The van der Waals surface area contributed by atoms with Crippen molar-refractivity contribution < 1.29 is 4.74 Å². The molecule has 0 bridgehead atoms. The zero-order chi connectivity index (χ0) is 8.81. The van der Waals surface area contributed by atoms with E-state index in [9.17, 15) is 0 Å². The number of nitrogens with zero attached hydrogens (tertiary/aromatic N) is 2. The van der Waals surface area contributed by atoms with Gasteiger partial charge in [-0.15, -0.1) is 0 Å². The first-order valence-electron chi connectivity index (χ1n) is 3.60. The van der Waals surface area contributed by atoms with Crippen LogP contribution in [0.25, 0.3) is 0 Å². The molecule has 0 atom stereocenters. The molecule has 3 heteroatoms. The molecular weight excluding hydrogens is 152 g/mol. The first-order chi connectivity index (χ1) is 5.84.